The zero-order chi connectivity index (χ0) is 30.2. The summed E-state index contributed by atoms with van der Waals surface area (Å²) in [4.78, 5) is 24.7. The molecule has 0 aliphatic carbocycles. The van der Waals surface area contributed by atoms with Crippen molar-refractivity contribution in [3.63, 3.8) is 0 Å². The van der Waals surface area contributed by atoms with Crippen LogP contribution in [0.1, 0.15) is 46.0 Å². The first-order valence-electron chi connectivity index (χ1n) is 13.9. The third-order valence-electron chi connectivity index (χ3n) is 7.84. The number of nitrogens with zero attached hydrogens (tertiary/aromatic N) is 2. The van der Waals surface area contributed by atoms with Crippen LogP contribution in [0.15, 0.2) is 59.6 Å². The zero-order valence-electron chi connectivity index (χ0n) is 24.4. The standard InChI is InChI=1S/C31H36N6O4S/c1-18-14-27(35-20(3)16-34-42(40,41)29-11-6-19(2)21(4)22(29)5)25-17-33-37(28(25)15-18)24-9-7-23(8-10-24)30(38)36-26-12-13-32-31(26)39/h6-11,14-15,17,20,26,34-35H,12-13,16H2,1-5H3,(H,32,39)(H,36,38)/t20-,26+/m1/s1. The molecule has 0 spiro atoms. The van der Waals surface area contributed by atoms with Crippen molar-refractivity contribution in [2.24, 2.45) is 0 Å². The summed E-state index contributed by atoms with van der Waals surface area (Å²) < 4.78 is 30.7. The van der Waals surface area contributed by atoms with Gasteiger partial charge in [0.15, 0.2) is 0 Å². The second-order valence-corrected chi connectivity index (χ2v) is 12.7. The van der Waals surface area contributed by atoms with E-state index in [4.69, 9.17) is 0 Å². The zero-order valence-corrected chi connectivity index (χ0v) is 25.2. The summed E-state index contributed by atoms with van der Waals surface area (Å²) in [5, 5.41) is 14.4. The van der Waals surface area contributed by atoms with Crippen LogP contribution in [-0.4, -0.2) is 55.2 Å². The van der Waals surface area contributed by atoms with Crippen LogP contribution in [0.3, 0.4) is 0 Å². The predicted octanol–water partition coefficient (Wildman–Crippen LogP) is 3.66. The number of amides is 2. The molecule has 3 aromatic carbocycles. The molecular weight excluding hydrogens is 552 g/mol. The molecule has 1 aliphatic heterocycles. The molecular formula is C31H36N6O4S. The van der Waals surface area contributed by atoms with Crippen molar-refractivity contribution in [3.05, 3.63) is 82.5 Å². The van der Waals surface area contributed by atoms with E-state index in [1.807, 2.05) is 65.0 Å². The Balaban J connectivity index is 1.30. The monoisotopic (exact) mass is 588 g/mol. The minimum atomic E-state index is -3.67. The fourth-order valence-corrected chi connectivity index (χ4v) is 6.60. The van der Waals surface area contributed by atoms with Crippen LogP contribution in [0.25, 0.3) is 16.6 Å². The lowest BCUT2D eigenvalue weighted by Gasteiger charge is -2.19. The van der Waals surface area contributed by atoms with E-state index >= 15 is 0 Å². The molecule has 2 amide bonds. The van der Waals surface area contributed by atoms with Crippen molar-refractivity contribution >= 4 is 38.4 Å². The van der Waals surface area contributed by atoms with Gasteiger partial charge in [0.05, 0.1) is 22.3 Å². The van der Waals surface area contributed by atoms with E-state index in [9.17, 15) is 18.0 Å². The van der Waals surface area contributed by atoms with Gasteiger partial charge in [0, 0.05) is 35.8 Å². The molecule has 4 aromatic rings. The van der Waals surface area contributed by atoms with Crippen LogP contribution >= 0.6 is 0 Å². The van der Waals surface area contributed by atoms with Crippen molar-refractivity contribution < 1.29 is 18.0 Å². The molecule has 2 heterocycles. The van der Waals surface area contributed by atoms with Crippen molar-refractivity contribution in [3.8, 4) is 5.69 Å². The number of nitrogens with one attached hydrogen (secondary N) is 4. The van der Waals surface area contributed by atoms with Crippen molar-refractivity contribution in [1.82, 2.24) is 25.1 Å². The minimum Gasteiger partial charge on any atom is -0.381 e. The van der Waals surface area contributed by atoms with E-state index in [1.165, 1.54) is 0 Å². The molecule has 4 N–H and O–H groups in total. The van der Waals surface area contributed by atoms with Crippen LogP contribution in [0.5, 0.6) is 0 Å². The number of sulfonamides is 1. The number of carbonyl (C=O) groups excluding carboxylic acids is 2. The average molecular weight is 589 g/mol. The van der Waals surface area contributed by atoms with Gasteiger partial charge >= 0.3 is 0 Å². The highest BCUT2D eigenvalue weighted by molar-refractivity contribution is 7.89. The largest absolute Gasteiger partial charge is 0.381 e. The Hall–Kier alpha value is -4.22. The smallest absolute Gasteiger partial charge is 0.251 e. The van der Waals surface area contributed by atoms with Gasteiger partial charge in [0.25, 0.3) is 5.91 Å². The van der Waals surface area contributed by atoms with E-state index < -0.39 is 16.1 Å². The Labute approximate surface area is 245 Å². The Morgan fingerprint density at radius 2 is 1.81 bits per heavy atom. The number of aryl methyl sites for hydroxylation is 2. The fraction of sp³-hybridized carbons (Fsp3) is 0.323. The maximum atomic E-state index is 13.1. The Morgan fingerprint density at radius 1 is 1.07 bits per heavy atom. The lowest BCUT2D eigenvalue weighted by molar-refractivity contribution is -0.120. The molecule has 10 nitrogen and oxygen atoms in total. The van der Waals surface area contributed by atoms with Crippen LogP contribution < -0.4 is 20.7 Å². The van der Waals surface area contributed by atoms with E-state index in [2.05, 4.69) is 25.8 Å². The van der Waals surface area contributed by atoms with Crippen molar-refractivity contribution in [2.45, 2.75) is 58.0 Å². The second kappa shape index (κ2) is 11.6. The molecule has 0 radical (unpaired) electrons. The Kier molecular flexibility index (Phi) is 8.07. The molecule has 42 heavy (non-hydrogen) atoms. The second-order valence-electron chi connectivity index (χ2n) is 11.0. The van der Waals surface area contributed by atoms with Gasteiger partial charge in [-0.25, -0.2) is 17.8 Å². The summed E-state index contributed by atoms with van der Waals surface area (Å²) in [6.07, 6.45) is 2.35. The number of hydrogen-bond donors (Lipinski definition) is 4. The topological polar surface area (TPSA) is 134 Å². The van der Waals surface area contributed by atoms with Gasteiger partial charge in [0.1, 0.15) is 6.04 Å². The summed E-state index contributed by atoms with van der Waals surface area (Å²) in [6, 6.07) is 13.9. The van der Waals surface area contributed by atoms with E-state index in [0.717, 1.165) is 44.5 Å². The predicted molar refractivity (Wildman–Crippen MR) is 164 cm³/mol. The number of fused-ring (bicyclic) bond motifs is 1. The highest BCUT2D eigenvalue weighted by atomic mass is 32.2. The first-order valence-corrected chi connectivity index (χ1v) is 15.4. The van der Waals surface area contributed by atoms with E-state index in [-0.39, 0.29) is 24.4 Å². The maximum Gasteiger partial charge on any atom is 0.251 e. The number of aromatic nitrogens is 2. The number of hydrogen-bond acceptors (Lipinski definition) is 6. The maximum absolute atomic E-state index is 13.1. The Bertz CT molecular complexity index is 1780. The molecule has 2 atom stereocenters. The van der Waals surface area contributed by atoms with Gasteiger partial charge in [-0.1, -0.05) is 6.07 Å². The van der Waals surface area contributed by atoms with Crippen LogP contribution in [-0.2, 0) is 14.8 Å². The van der Waals surface area contributed by atoms with E-state index in [1.54, 1.807) is 29.1 Å². The number of carbonyl (C=O) groups is 2. The first kappa shape index (κ1) is 29.3. The summed E-state index contributed by atoms with van der Waals surface area (Å²) in [7, 11) is -3.67. The van der Waals surface area contributed by atoms with Gasteiger partial charge in [-0.3, -0.25) is 9.59 Å². The third-order valence-corrected chi connectivity index (χ3v) is 9.41. The molecule has 1 aliphatic rings. The normalized spacial score (nSPS) is 15.9. The van der Waals surface area contributed by atoms with Gasteiger partial charge in [-0.15, -0.1) is 0 Å². The lowest BCUT2D eigenvalue weighted by atomic mass is 10.1. The molecule has 11 heteroatoms. The van der Waals surface area contributed by atoms with Crippen molar-refractivity contribution in [2.75, 3.05) is 18.4 Å². The van der Waals surface area contributed by atoms with Gasteiger partial charge in [-0.05, 0) is 106 Å². The third kappa shape index (κ3) is 5.88. The summed E-state index contributed by atoms with van der Waals surface area (Å²) >= 11 is 0. The molecule has 0 saturated carbocycles. The van der Waals surface area contributed by atoms with Crippen LogP contribution in [0, 0.1) is 27.7 Å². The lowest BCUT2D eigenvalue weighted by Crippen LogP contribution is -2.40. The van der Waals surface area contributed by atoms with E-state index in [0.29, 0.717) is 23.4 Å². The molecule has 1 aromatic heterocycles. The van der Waals surface area contributed by atoms with Gasteiger partial charge < -0.3 is 16.0 Å². The molecule has 0 bridgehead atoms. The summed E-state index contributed by atoms with van der Waals surface area (Å²) in [6.45, 7) is 10.4. The quantitative estimate of drug-likeness (QED) is 0.236. The average Bonchev–Trinajstić information content (AvgIpc) is 3.56. The molecule has 1 saturated heterocycles. The summed E-state index contributed by atoms with van der Waals surface area (Å²) in [5.41, 5.74) is 6.75. The number of rotatable bonds is 9. The number of anilines is 1. The summed E-state index contributed by atoms with van der Waals surface area (Å²) in [5.74, 6) is -0.459. The highest BCUT2D eigenvalue weighted by Gasteiger charge is 2.26. The van der Waals surface area contributed by atoms with Crippen LogP contribution in [0.2, 0.25) is 0 Å². The molecule has 5 rings (SSSR count). The highest BCUT2D eigenvalue weighted by Crippen LogP contribution is 2.28. The molecule has 1 fully saturated rings. The molecule has 0 unspecified atom stereocenters. The first-order chi connectivity index (χ1) is 19.9. The van der Waals surface area contributed by atoms with Crippen molar-refractivity contribution in [1.29, 1.82) is 0 Å². The minimum absolute atomic E-state index is 0.161. The SMILES string of the molecule is Cc1cc(N[C@H](C)CNS(=O)(=O)c2ccc(C)c(C)c2C)c2cnn(-c3ccc(C(=O)N[C@H]4CCNC4=O)cc3)c2c1. The van der Waals surface area contributed by atoms with Gasteiger partial charge in [-0.2, -0.15) is 5.10 Å². The van der Waals surface area contributed by atoms with Crippen LogP contribution in [0.4, 0.5) is 5.69 Å². The molecule has 220 valence electrons. The Morgan fingerprint density at radius 3 is 2.50 bits per heavy atom. The van der Waals surface area contributed by atoms with Gasteiger partial charge in [0.2, 0.25) is 15.9 Å². The fourth-order valence-electron chi connectivity index (χ4n) is 5.17. The number of benzene rings is 3.